The Morgan fingerprint density at radius 1 is 0.804 bits per heavy atom. The van der Waals surface area contributed by atoms with E-state index in [-0.39, 0.29) is 42.2 Å². The van der Waals surface area contributed by atoms with E-state index in [0.29, 0.717) is 50.6 Å². The van der Waals surface area contributed by atoms with Gasteiger partial charge in [-0.05, 0) is 74.3 Å². The van der Waals surface area contributed by atoms with Gasteiger partial charge in [-0.25, -0.2) is 9.78 Å². The second kappa shape index (κ2) is 14.4. The molecule has 0 bridgehead atoms. The minimum atomic E-state index is -5.14. The SMILES string of the molecule is CCN(C[C@H]1CC[C@H](CC(=O)O)CC1)c1ncc(C(F)(F)F)cc1CN(Cc1cc(C(F)(F)F)cc(C(F)(F)F)c1)C(=O)N(C)C. The molecule has 256 valence electrons. The molecule has 1 aromatic carbocycles. The molecule has 1 heterocycles. The van der Waals surface area contributed by atoms with Crippen molar-refractivity contribution in [3.05, 3.63) is 58.3 Å². The van der Waals surface area contributed by atoms with Crippen molar-refractivity contribution >= 4 is 17.8 Å². The smallest absolute Gasteiger partial charge is 0.417 e. The number of benzene rings is 1. The molecule has 0 atom stereocenters. The maximum Gasteiger partial charge on any atom is 0.417 e. The molecule has 7 nitrogen and oxygen atoms in total. The molecule has 46 heavy (non-hydrogen) atoms. The number of carboxylic acids is 1. The summed E-state index contributed by atoms with van der Waals surface area (Å²) in [4.78, 5) is 31.9. The Balaban J connectivity index is 2.02. The number of halogens is 9. The molecule has 3 rings (SSSR count). The number of carbonyl (C=O) groups excluding carboxylic acids is 1. The zero-order valence-electron chi connectivity index (χ0n) is 25.4. The Morgan fingerprint density at radius 2 is 1.33 bits per heavy atom. The molecule has 1 fully saturated rings. The van der Waals surface area contributed by atoms with Crippen LogP contribution in [0, 0.1) is 11.8 Å². The summed E-state index contributed by atoms with van der Waals surface area (Å²) in [5.41, 5.74) is -4.96. The van der Waals surface area contributed by atoms with Gasteiger partial charge in [0.1, 0.15) is 5.82 Å². The average Bonchev–Trinajstić information content (AvgIpc) is 2.94. The molecule has 1 aliphatic carbocycles. The standard InChI is InChI=1S/C30H35F9N4O3/c1-4-42(15-19-7-5-18(6-8-19)11-25(44)45)26-21(12-24(14-40-26)30(37,38)39)17-43(27(46)41(2)3)16-20-9-22(28(31,32)33)13-23(10-20)29(34,35)36/h9-10,12-14,18-19H,4-8,11,15-17H2,1-3H3,(H,44,45)/t18-,19-. The highest BCUT2D eigenvalue weighted by Crippen LogP contribution is 2.38. The highest BCUT2D eigenvalue weighted by molar-refractivity contribution is 5.74. The van der Waals surface area contributed by atoms with Crippen molar-refractivity contribution in [2.24, 2.45) is 11.8 Å². The Labute approximate surface area is 260 Å². The molecule has 0 spiro atoms. The number of aromatic nitrogens is 1. The number of hydrogen-bond donors (Lipinski definition) is 1. The maximum atomic E-state index is 13.8. The molecule has 2 amide bonds. The van der Waals surface area contributed by atoms with E-state index in [1.54, 1.807) is 11.8 Å². The van der Waals surface area contributed by atoms with Gasteiger partial charge in [-0.15, -0.1) is 0 Å². The van der Waals surface area contributed by atoms with Crippen LogP contribution in [0.15, 0.2) is 30.5 Å². The van der Waals surface area contributed by atoms with Gasteiger partial charge in [-0.3, -0.25) is 4.79 Å². The van der Waals surface area contributed by atoms with Gasteiger partial charge in [0.2, 0.25) is 0 Å². The summed E-state index contributed by atoms with van der Waals surface area (Å²) >= 11 is 0. The number of nitrogens with zero attached hydrogens (tertiary/aromatic N) is 4. The fourth-order valence-corrected chi connectivity index (χ4v) is 5.61. The minimum absolute atomic E-state index is 0.0166. The first-order valence-corrected chi connectivity index (χ1v) is 14.5. The number of carbonyl (C=O) groups is 2. The summed E-state index contributed by atoms with van der Waals surface area (Å²) in [6, 6.07) is 0.794. The van der Waals surface area contributed by atoms with E-state index in [1.165, 1.54) is 14.1 Å². The number of pyridine rings is 1. The lowest BCUT2D eigenvalue weighted by molar-refractivity contribution is -0.143. The van der Waals surface area contributed by atoms with E-state index >= 15 is 0 Å². The van der Waals surface area contributed by atoms with E-state index in [2.05, 4.69) is 4.98 Å². The predicted octanol–water partition coefficient (Wildman–Crippen LogP) is 7.93. The van der Waals surface area contributed by atoms with Crippen molar-refractivity contribution in [1.29, 1.82) is 0 Å². The van der Waals surface area contributed by atoms with E-state index in [9.17, 15) is 49.1 Å². The first-order chi connectivity index (χ1) is 21.2. The number of hydrogen-bond acceptors (Lipinski definition) is 4. The van der Waals surface area contributed by atoms with Crippen molar-refractivity contribution in [3.63, 3.8) is 0 Å². The monoisotopic (exact) mass is 670 g/mol. The molecule has 1 aromatic heterocycles. The van der Waals surface area contributed by atoms with Crippen LogP contribution in [0.4, 0.5) is 50.1 Å². The highest BCUT2D eigenvalue weighted by atomic mass is 19.4. The molecule has 1 aliphatic rings. The number of aliphatic carboxylic acids is 1. The minimum Gasteiger partial charge on any atom is -0.481 e. The molecule has 0 radical (unpaired) electrons. The van der Waals surface area contributed by atoms with Gasteiger partial charge < -0.3 is 19.8 Å². The lowest BCUT2D eigenvalue weighted by Gasteiger charge is -2.34. The van der Waals surface area contributed by atoms with Crippen molar-refractivity contribution in [2.75, 3.05) is 32.1 Å². The van der Waals surface area contributed by atoms with Crippen LogP contribution in [0.5, 0.6) is 0 Å². The van der Waals surface area contributed by atoms with E-state index in [1.807, 2.05) is 0 Å². The van der Waals surface area contributed by atoms with Crippen LogP contribution in [-0.2, 0) is 36.4 Å². The molecular weight excluding hydrogens is 635 g/mol. The van der Waals surface area contributed by atoms with Gasteiger partial charge >= 0.3 is 30.5 Å². The van der Waals surface area contributed by atoms with Crippen LogP contribution in [0.25, 0.3) is 0 Å². The lowest BCUT2D eigenvalue weighted by Crippen LogP contribution is -2.39. The summed E-state index contributed by atoms with van der Waals surface area (Å²) in [5.74, 6) is -0.733. The number of alkyl halides is 9. The quantitative estimate of drug-likeness (QED) is 0.260. The van der Waals surface area contributed by atoms with Gasteiger partial charge in [0, 0.05) is 51.9 Å². The zero-order valence-corrected chi connectivity index (χ0v) is 25.4. The van der Waals surface area contributed by atoms with Crippen LogP contribution in [0.1, 0.15) is 66.8 Å². The van der Waals surface area contributed by atoms with E-state index in [0.717, 1.165) is 15.9 Å². The molecule has 0 saturated heterocycles. The number of urea groups is 1. The Morgan fingerprint density at radius 3 is 1.78 bits per heavy atom. The summed E-state index contributed by atoms with van der Waals surface area (Å²) in [6.45, 7) is 0.988. The number of anilines is 1. The van der Waals surface area contributed by atoms with Crippen LogP contribution in [0.2, 0.25) is 0 Å². The third-order valence-corrected chi connectivity index (χ3v) is 7.89. The second-order valence-electron chi connectivity index (χ2n) is 11.7. The van der Waals surface area contributed by atoms with Crippen LogP contribution < -0.4 is 4.90 Å². The average molecular weight is 671 g/mol. The third-order valence-electron chi connectivity index (χ3n) is 7.89. The first-order valence-electron chi connectivity index (χ1n) is 14.5. The molecule has 2 aromatic rings. The van der Waals surface area contributed by atoms with Gasteiger partial charge in [0.05, 0.1) is 23.2 Å². The van der Waals surface area contributed by atoms with Crippen LogP contribution in [-0.4, -0.2) is 59.1 Å². The Hall–Kier alpha value is -3.72. The van der Waals surface area contributed by atoms with Crippen LogP contribution >= 0.6 is 0 Å². The summed E-state index contributed by atoms with van der Waals surface area (Å²) in [7, 11) is 2.57. The number of amides is 2. The van der Waals surface area contributed by atoms with Crippen LogP contribution in [0.3, 0.4) is 0 Å². The van der Waals surface area contributed by atoms with Crippen molar-refractivity contribution < 1.29 is 54.2 Å². The number of rotatable bonds is 10. The Kier molecular flexibility index (Phi) is 11.5. The van der Waals surface area contributed by atoms with Crippen molar-refractivity contribution in [3.8, 4) is 0 Å². The molecule has 16 heteroatoms. The highest BCUT2D eigenvalue weighted by Gasteiger charge is 2.38. The second-order valence-corrected chi connectivity index (χ2v) is 11.7. The normalized spacial score (nSPS) is 17.5. The largest absolute Gasteiger partial charge is 0.481 e. The van der Waals surface area contributed by atoms with Gasteiger partial charge in [-0.2, -0.15) is 39.5 Å². The fraction of sp³-hybridized carbons (Fsp3) is 0.567. The maximum absolute atomic E-state index is 13.8. The summed E-state index contributed by atoms with van der Waals surface area (Å²) in [5, 5.41) is 9.08. The fourth-order valence-electron chi connectivity index (χ4n) is 5.61. The van der Waals surface area contributed by atoms with Crippen molar-refractivity contribution in [2.45, 2.75) is 70.6 Å². The topological polar surface area (TPSA) is 77.0 Å². The summed E-state index contributed by atoms with van der Waals surface area (Å²) < 4.78 is 122. The van der Waals surface area contributed by atoms with Gasteiger partial charge in [-0.1, -0.05) is 0 Å². The third kappa shape index (κ3) is 9.89. The van der Waals surface area contributed by atoms with E-state index < -0.39 is 65.9 Å². The first kappa shape index (κ1) is 36.7. The molecular formula is C30H35F9N4O3. The molecule has 0 aliphatic heterocycles. The number of carboxylic acid groups (broad SMARTS) is 1. The summed E-state index contributed by atoms with van der Waals surface area (Å²) in [6.07, 6.45) is -11.8. The lowest BCUT2D eigenvalue weighted by atomic mass is 9.80. The Bertz CT molecular complexity index is 1340. The molecule has 0 unspecified atom stereocenters. The molecule has 1 N–H and O–H groups in total. The van der Waals surface area contributed by atoms with Crippen molar-refractivity contribution in [1.82, 2.24) is 14.8 Å². The zero-order chi connectivity index (χ0) is 34.6. The van der Waals surface area contributed by atoms with Gasteiger partial charge in [0.25, 0.3) is 0 Å². The van der Waals surface area contributed by atoms with Gasteiger partial charge in [0.15, 0.2) is 0 Å². The molecule has 1 saturated carbocycles. The van der Waals surface area contributed by atoms with E-state index in [4.69, 9.17) is 5.11 Å². The predicted molar refractivity (Wildman–Crippen MR) is 150 cm³/mol.